The predicted molar refractivity (Wildman–Crippen MR) is 111 cm³/mol. The number of thiophene rings is 1. The first-order valence-corrected chi connectivity index (χ1v) is 11.5. The number of anilines is 1. The average Bonchev–Trinajstić information content (AvgIpc) is 3.36. The molecule has 0 radical (unpaired) electrons. The number of hydrogen-bond donors (Lipinski definition) is 1. The summed E-state index contributed by atoms with van der Waals surface area (Å²) in [6, 6.07) is 0. The third-order valence-electron chi connectivity index (χ3n) is 6.35. The number of hydrogen-bond acceptors (Lipinski definition) is 5. The lowest BCUT2D eigenvalue weighted by atomic mass is 9.85. The van der Waals surface area contributed by atoms with Gasteiger partial charge in [0, 0.05) is 16.4 Å². The highest BCUT2D eigenvalue weighted by Crippen LogP contribution is 2.46. The molecule has 0 saturated heterocycles. The number of carbonyl (C=O) groups excluding carboxylic acids is 1. The van der Waals surface area contributed by atoms with E-state index in [1.54, 1.807) is 11.3 Å². The monoisotopic (exact) mass is 397 g/mol. The van der Waals surface area contributed by atoms with Crippen molar-refractivity contribution in [2.45, 2.75) is 77.0 Å². The van der Waals surface area contributed by atoms with Crippen LogP contribution in [0.5, 0.6) is 0 Å². The third-order valence-corrected chi connectivity index (χ3v) is 7.52. The molecule has 1 unspecified atom stereocenters. The maximum Gasteiger partial charge on any atom is 0.261 e. The summed E-state index contributed by atoms with van der Waals surface area (Å²) < 4.78 is 5.68. The van der Waals surface area contributed by atoms with Crippen LogP contribution in [0.1, 0.15) is 80.5 Å². The van der Waals surface area contributed by atoms with Crippen LogP contribution in [0.25, 0.3) is 11.5 Å². The summed E-state index contributed by atoms with van der Waals surface area (Å²) in [6.07, 6.45) is 13.1. The Morgan fingerprint density at radius 2 is 2.18 bits per heavy atom. The number of nitrogens with zero attached hydrogens (tertiary/aromatic N) is 2. The van der Waals surface area contributed by atoms with Gasteiger partial charge in [-0.05, 0) is 69.3 Å². The summed E-state index contributed by atoms with van der Waals surface area (Å²) in [6.45, 7) is 2.27. The minimum atomic E-state index is 0.0357. The predicted octanol–water partition coefficient (Wildman–Crippen LogP) is 5.63. The summed E-state index contributed by atoms with van der Waals surface area (Å²) >= 11 is 1.71. The molecule has 148 valence electrons. The molecule has 0 bridgehead atoms. The van der Waals surface area contributed by atoms with Crippen molar-refractivity contribution in [2.24, 2.45) is 5.92 Å². The minimum absolute atomic E-state index is 0.0357. The van der Waals surface area contributed by atoms with Crippen molar-refractivity contribution < 1.29 is 9.32 Å². The van der Waals surface area contributed by atoms with Gasteiger partial charge in [0.05, 0.1) is 5.56 Å². The second kappa shape index (κ2) is 7.47. The lowest BCUT2D eigenvalue weighted by Gasteiger charge is -2.20. The second-order valence-electron chi connectivity index (χ2n) is 8.39. The van der Waals surface area contributed by atoms with Crippen LogP contribution >= 0.6 is 11.3 Å². The fraction of sp³-hybridized carbons (Fsp3) is 0.591. The van der Waals surface area contributed by atoms with E-state index in [2.05, 4.69) is 23.5 Å². The van der Waals surface area contributed by atoms with Gasteiger partial charge in [-0.1, -0.05) is 24.6 Å². The van der Waals surface area contributed by atoms with Gasteiger partial charge in [0.15, 0.2) is 5.82 Å². The van der Waals surface area contributed by atoms with Crippen LogP contribution in [-0.2, 0) is 17.6 Å². The number of allylic oxidation sites excluding steroid dienone is 1. The van der Waals surface area contributed by atoms with Crippen LogP contribution in [0, 0.1) is 5.92 Å². The molecule has 0 aromatic carbocycles. The van der Waals surface area contributed by atoms with Crippen molar-refractivity contribution in [3.63, 3.8) is 0 Å². The molecule has 0 spiro atoms. The van der Waals surface area contributed by atoms with Gasteiger partial charge in [-0.25, -0.2) is 0 Å². The van der Waals surface area contributed by atoms with E-state index < -0.39 is 0 Å². The van der Waals surface area contributed by atoms with E-state index in [1.165, 1.54) is 29.7 Å². The lowest BCUT2D eigenvalue weighted by molar-refractivity contribution is -0.113. The standard InChI is InChI=1S/C22H27N3O2S/c1-2-13-8-11-16-17(12-13)28-22(24-20(26)15-6-4-3-5-7-15)18(16)21-23-19(25-27-21)14-9-10-14/h6,13-14H,2-5,7-12H2,1H3,(H,24,26). The number of fused-ring (bicyclic) bond motifs is 1. The van der Waals surface area contributed by atoms with E-state index in [1.807, 2.05) is 0 Å². The van der Waals surface area contributed by atoms with Gasteiger partial charge in [-0.3, -0.25) is 4.79 Å². The number of nitrogens with one attached hydrogen (secondary N) is 1. The summed E-state index contributed by atoms with van der Waals surface area (Å²) in [7, 11) is 0. The molecular weight excluding hydrogens is 370 g/mol. The Morgan fingerprint density at radius 3 is 2.93 bits per heavy atom. The Kier molecular flexibility index (Phi) is 4.83. The maximum atomic E-state index is 12.9. The summed E-state index contributed by atoms with van der Waals surface area (Å²) in [5.41, 5.74) is 3.21. The lowest BCUT2D eigenvalue weighted by Crippen LogP contribution is -2.15. The number of rotatable bonds is 5. The Balaban J connectivity index is 1.50. The molecule has 2 aromatic rings. The van der Waals surface area contributed by atoms with Crippen LogP contribution in [0.15, 0.2) is 16.2 Å². The molecule has 5 rings (SSSR count). The molecule has 1 fully saturated rings. The molecule has 1 amide bonds. The molecule has 1 saturated carbocycles. The second-order valence-corrected chi connectivity index (χ2v) is 9.49. The molecule has 0 aliphatic heterocycles. The molecule has 6 heteroatoms. The van der Waals surface area contributed by atoms with E-state index in [0.717, 1.165) is 72.8 Å². The highest BCUT2D eigenvalue weighted by Gasteiger charge is 2.33. The van der Waals surface area contributed by atoms with Crippen LogP contribution in [-0.4, -0.2) is 16.0 Å². The van der Waals surface area contributed by atoms with Gasteiger partial charge < -0.3 is 9.84 Å². The fourth-order valence-electron chi connectivity index (χ4n) is 4.39. The first kappa shape index (κ1) is 18.1. The molecule has 28 heavy (non-hydrogen) atoms. The molecule has 2 heterocycles. The topological polar surface area (TPSA) is 68.0 Å². The summed E-state index contributed by atoms with van der Waals surface area (Å²) in [4.78, 5) is 19.0. The van der Waals surface area contributed by atoms with E-state index in [0.29, 0.717) is 11.8 Å². The zero-order chi connectivity index (χ0) is 19.1. The highest BCUT2D eigenvalue weighted by atomic mass is 32.1. The van der Waals surface area contributed by atoms with Gasteiger partial charge in [0.1, 0.15) is 5.00 Å². The molecule has 2 aromatic heterocycles. The van der Waals surface area contributed by atoms with Crippen LogP contribution < -0.4 is 5.32 Å². The van der Waals surface area contributed by atoms with Gasteiger partial charge in [-0.15, -0.1) is 11.3 Å². The quantitative estimate of drug-likeness (QED) is 0.710. The van der Waals surface area contributed by atoms with Crippen molar-refractivity contribution in [1.29, 1.82) is 0 Å². The molecule has 3 aliphatic carbocycles. The highest BCUT2D eigenvalue weighted by molar-refractivity contribution is 7.17. The van der Waals surface area contributed by atoms with E-state index in [-0.39, 0.29) is 5.91 Å². The summed E-state index contributed by atoms with van der Waals surface area (Å²) in [5.74, 6) is 2.63. The van der Waals surface area contributed by atoms with E-state index in [9.17, 15) is 4.79 Å². The largest absolute Gasteiger partial charge is 0.334 e. The zero-order valence-electron chi connectivity index (χ0n) is 16.4. The van der Waals surface area contributed by atoms with Crippen molar-refractivity contribution in [3.8, 4) is 11.5 Å². The average molecular weight is 398 g/mol. The molecular formula is C22H27N3O2S. The van der Waals surface area contributed by atoms with Crippen molar-refractivity contribution in [1.82, 2.24) is 10.1 Å². The Bertz CT molecular complexity index is 922. The minimum Gasteiger partial charge on any atom is -0.334 e. The number of carbonyl (C=O) groups is 1. The van der Waals surface area contributed by atoms with Crippen LogP contribution in [0.2, 0.25) is 0 Å². The maximum absolute atomic E-state index is 12.9. The molecule has 3 aliphatic rings. The van der Waals surface area contributed by atoms with Gasteiger partial charge >= 0.3 is 0 Å². The van der Waals surface area contributed by atoms with Crippen molar-refractivity contribution in [2.75, 3.05) is 5.32 Å². The SMILES string of the molecule is CCC1CCc2c(sc(NC(=O)C3=CCCCC3)c2-c2nc(C3CC3)no2)C1. The summed E-state index contributed by atoms with van der Waals surface area (Å²) in [5, 5.41) is 8.32. The molecule has 1 N–H and O–H groups in total. The Morgan fingerprint density at radius 1 is 1.29 bits per heavy atom. The van der Waals surface area contributed by atoms with E-state index >= 15 is 0 Å². The first-order valence-electron chi connectivity index (χ1n) is 10.7. The smallest absolute Gasteiger partial charge is 0.261 e. The van der Waals surface area contributed by atoms with Gasteiger partial charge in [0.25, 0.3) is 11.8 Å². The van der Waals surface area contributed by atoms with Gasteiger partial charge in [0.2, 0.25) is 0 Å². The Labute approximate surface area is 169 Å². The fourth-order valence-corrected chi connectivity index (χ4v) is 5.74. The van der Waals surface area contributed by atoms with Crippen molar-refractivity contribution >= 4 is 22.2 Å². The zero-order valence-corrected chi connectivity index (χ0v) is 17.2. The first-order chi connectivity index (χ1) is 13.7. The van der Waals surface area contributed by atoms with Crippen LogP contribution in [0.4, 0.5) is 5.00 Å². The number of aromatic nitrogens is 2. The number of amides is 1. The third kappa shape index (κ3) is 3.43. The molecule has 1 atom stereocenters. The van der Waals surface area contributed by atoms with Crippen molar-refractivity contribution in [3.05, 3.63) is 27.9 Å². The Hall–Kier alpha value is -1.95. The van der Waals surface area contributed by atoms with E-state index in [4.69, 9.17) is 9.51 Å². The molecule has 5 nitrogen and oxygen atoms in total. The van der Waals surface area contributed by atoms with Crippen LogP contribution in [0.3, 0.4) is 0 Å². The normalized spacial score (nSPS) is 21.9. The van der Waals surface area contributed by atoms with Gasteiger partial charge in [-0.2, -0.15) is 4.98 Å².